The summed E-state index contributed by atoms with van der Waals surface area (Å²) in [5, 5.41) is 2.95. The molecule has 3 N–H and O–H groups in total. The number of nitrogens with one attached hydrogen (secondary N) is 1. The van der Waals surface area contributed by atoms with E-state index in [9.17, 15) is 4.79 Å². The van der Waals surface area contributed by atoms with E-state index in [4.69, 9.17) is 5.73 Å². The van der Waals surface area contributed by atoms with Crippen LogP contribution in [0.2, 0.25) is 0 Å². The summed E-state index contributed by atoms with van der Waals surface area (Å²) in [7, 11) is 0. The van der Waals surface area contributed by atoms with E-state index in [0.717, 1.165) is 12.1 Å². The lowest BCUT2D eigenvalue weighted by atomic mass is 10.1. The van der Waals surface area contributed by atoms with Gasteiger partial charge in [0.25, 0.3) is 5.91 Å². The highest BCUT2D eigenvalue weighted by Crippen LogP contribution is 2.13. The molecule has 0 aromatic heterocycles. The van der Waals surface area contributed by atoms with Crippen molar-refractivity contribution in [2.24, 2.45) is 0 Å². The molecule has 4 nitrogen and oxygen atoms in total. The summed E-state index contributed by atoms with van der Waals surface area (Å²) < 4.78 is 0. The third kappa shape index (κ3) is 4.53. The molecule has 4 heteroatoms. The summed E-state index contributed by atoms with van der Waals surface area (Å²) in [6.07, 6.45) is 0. The van der Waals surface area contributed by atoms with Crippen LogP contribution in [0.1, 0.15) is 43.6 Å². The molecular formula is C16H27N3O. The molecule has 0 aliphatic rings. The van der Waals surface area contributed by atoms with Crippen molar-refractivity contribution in [3.05, 3.63) is 29.3 Å². The average molecular weight is 277 g/mol. The second kappa shape index (κ2) is 7.29. The van der Waals surface area contributed by atoms with Crippen LogP contribution in [0.25, 0.3) is 0 Å². The zero-order valence-electron chi connectivity index (χ0n) is 13.2. The molecule has 0 aliphatic carbocycles. The standard InChI is InChI=1S/C16H27N3O/c1-11(2)19(12(3)4)9-8-18-16(20)14-10-13(5)6-7-15(14)17/h6-7,10-12H,8-9,17H2,1-5H3,(H,18,20). The molecule has 0 spiro atoms. The van der Waals surface area contributed by atoms with Crippen molar-refractivity contribution in [3.8, 4) is 0 Å². The fourth-order valence-corrected chi connectivity index (χ4v) is 2.37. The predicted octanol–water partition coefficient (Wildman–Crippen LogP) is 2.43. The summed E-state index contributed by atoms with van der Waals surface area (Å²) in [6, 6.07) is 6.45. The van der Waals surface area contributed by atoms with Gasteiger partial charge < -0.3 is 11.1 Å². The second-order valence-electron chi connectivity index (χ2n) is 5.77. The van der Waals surface area contributed by atoms with Gasteiger partial charge in [-0.05, 0) is 46.8 Å². The summed E-state index contributed by atoms with van der Waals surface area (Å²) in [4.78, 5) is 14.5. The molecular weight excluding hydrogens is 250 g/mol. The van der Waals surface area contributed by atoms with Gasteiger partial charge in [-0.15, -0.1) is 0 Å². The summed E-state index contributed by atoms with van der Waals surface area (Å²) in [5.41, 5.74) is 7.97. The molecule has 1 aromatic rings. The Hall–Kier alpha value is -1.55. The zero-order chi connectivity index (χ0) is 15.3. The Balaban J connectivity index is 2.57. The SMILES string of the molecule is Cc1ccc(N)c(C(=O)NCCN(C(C)C)C(C)C)c1. The van der Waals surface area contributed by atoms with Crippen LogP contribution >= 0.6 is 0 Å². The number of rotatable bonds is 6. The normalized spacial score (nSPS) is 11.4. The summed E-state index contributed by atoms with van der Waals surface area (Å²) in [6.45, 7) is 12.1. The van der Waals surface area contributed by atoms with Gasteiger partial charge in [-0.1, -0.05) is 11.6 Å². The molecule has 1 amide bonds. The van der Waals surface area contributed by atoms with Crippen molar-refractivity contribution in [1.82, 2.24) is 10.2 Å². The van der Waals surface area contributed by atoms with Crippen molar-refractivity contribution in [3.63, 3.8) is 0 Å². The van der Waals surface area contributed by atoms with Gasteiger partial charge in [-0.2, -0.15) is 0 Å². The Morgan fingerprint density at radius 1 is 1.25 bits per heavy atom. The number of carbonyl (C=O) groups is 1. The lowest BCUT2D eigenvalue weighted by Crippen LogP contribution is -2.42. The first kappa shape index (κ1) is 16.5. The number of carbonyl (C=O) groups excluding carboxylic acids is 1. The van der Waals surface area contributed by atoms with Gasteiger partial charge in [-0.3, -0.25) is 9.69 Å². The van der Waals surface area contributed by atoms with Crippen LogP contribution in [-0.2, 0) is 0 Å². The Morgan fingerprint density at radius 3 is 2.40 bits per heavy atom. The Morgan fingerprint density at radius 2 is 1.85 bits per heavy atom. The number of nitrogens with zero attached hydrogens (tertiary/aromatic N) is 1. The molecule has 0 atom stereocenters. The fraction of sp³-hybridized carbons (Fsp3) is 0.562. The number of hydrogen-bond acceptors (Lipinski definition) is 3. The van der Waals surface area contributed by atoms with Crippen LogP contribution in [0.15, 0.2) is 18.2 Å². The number of nitrogen functional groups attached to an aromatic ring is 1. The number of benzene rings is 1. The molecule has 1 aromatic carbocycles. The third-order valence-corrected chi connectivity index (χ3v) is 3.44. The molecule has 0 saturated carbocycles. The summed E-state index contributed by atoms with van der Waals surface area (Å²) in [5.74, 6) is -0.0985. The molecule has 0 aliphatic heterocycles. The fourth-order valence-electron chi connectivity index (χ4n) is 2.37. The van der Waals surface area contributed by atoms with Crippen LogP contribution < -0.4 is 11.1 Å². The molecule has 112 valence electrons. The van der Waals surface area contributed by atoms with Gasteiger partial charge in [0.15, 0.2) is 0 Å². The van der Waals surface area contributed by atoms with Crippen molar-refractivity contribution in [2.45, 2.75) is 46.7 Å². The minimum atomic E-state index is -0.0985. The summed E-state index contributed by atoms with van der Waals surface area (Å²) >= 11 is 0. The lowest BCUT2D eigenvalue weighted by molar-refractivity contribution is 0.0940. The number of aryl methyl sites for hydroxylation is 1. The Labute approximate surface area is 122 Å². The van der Waals surface area contributed by atoms with Crippen LogP contribution in [0.5, 0.6) is 0 Å². The first-order valence-electron chi connectivity index (χ1n) is 7.23. The Bertz CT molecular complexity index is 447. The maximum absolute atomic E-state index is 12.1. The number of amides is 1. The van der Waals surface area contributed by atoms with Crippen LogP contribution in [0.3, 0.4) is 0 Å². The van der Waals surface area contributed by atoms with Gasteiger partial charge >= 0.3 is 0 Å². The minimum absolute atomic E-state index is 0.0985. The van der Waals surface area contributed by atoms with E-state index in [0.29, 0.717) is 29.9 Å². The number of anilines is 1. The zero-order valence-corrected chi connectivity index (χ0v) is 13.2. The quantitative estimate of drug-likeness (QED) is 0.785. The highest BCUT2D eigenvalue weighted by Gasteiger charge is 2.14. The first-order valence-corrected chi connectivity index (χ1v) is 7.23. The molecule has 0 saturated heterocycles. The van der Waals surface area contributed by atoms with Crippen molar-refractivity contribution < 1.29 is 4.79 Å². The van der Waals surface area contributed by atoms with Crippen LogP contribution in [0, 0.1) is 6.92 Å². The molecule has 0 radical (unpaired) electrons. The van der Waals surface area contributed by atoms with E-state index < -0.39 is 0 Å². The van der Waals surface area contributed by atoms with Crippen molar-refractivity contribution in [1.29, 1.82) is 0 Å². The molecule has 0 unspecified atom stereocenters. The van der Waals surface area contributed by atoms with E-state index in [1.807, 2.05) is 19.1 Å². The number of hydrogen-bond donors (Lipinski definition) is 2. The largest absolute Gasteiger partial charge is 0.398 e. The maximum Gasteiger partial charge on any atom is 0.253 e. The molecule has 1 rings (SSSR count). The van der Waals surface area contributed by atoms with Crippen LogP contribution in [-0.4, -0.2) is 36.0 Å². The van der Waals surface area contributed by atoms with E-state index in [2.05, 4.69) is 37.9 Å². The van der Waals surface area contributed by atoms with E-state index >= 15 is 0 Å². The number of nitrogens with two attached hydrogens (primary N) is 1. The van der Waals surface area contributed by atoms with Crippen LogP contribution in [0.4, 0.5) is 5.69 Å². The smallest absolute Gasteiger partial charge is 0.253 e. The van der Waals surface area contributed by atoms with E-state index in [1.165, 1.54) is 0 Å². The highest BCUT2D eigenvalue weighted by atomic mass is 16.1. The first-order chi connectivity index (χ1) is 9.32. The van der Waals surface area contributed by atoms with Gasteiger partial charge in [0.2, 0.25) is 0 Å². The predicted molar refractivity (Wildman–Crippen MR) is 84.9 cm³/mol. The maximum atomic E-state index is 12.1. The molecule has 0 bridgehead atoms. The Kier molecular flexibility index (Phi) is 6.02. The second-order valence-corrected chi connectivity index (χ2v) is 5.77. The van der Waals surface area contributed by atoms with Gasteiger partial charge in [-0.25, -0.2) is 0 Å². The molecule has 0 heterocycles. The minimum Gasteiger partial charge on any atom is -0.398 e. The van der Waals surface area contributed by atoms with Gasteiger partial charge in [0.1, 0.15) is 0 Å². The van der Waals surface area contributed by atoms with Crippen molar-refractivity contribution >= 4 is 11.6 Å². The van der Waals surface area contributed by atoms with Gasteiger partial charge in [0, 0.05) is 30.9 Å². The topological polar surface area (TPSA) is 58.4 Å². The lowest BCUT2D eigenvalue weighted by Gasteiger charge is -2.30. The average Bonchev–Trinajstić information content (AvgIpc) is 2.36. The van der Waals surface area contributed by atoms with E-state index in [1.54, 1.807) is 6.07 Å². The monoisotopic (exact) mass is 277 g/mol. The molecule has 0 fully saturated rings. The van der Waals surface area contributed by atoms with E-state index in [-0.39, 0.29) is 5.91 Å². The molecule has 20 heavy (non-hydrogen) atoms. The van der Waals surface area contributed by atoms with Gasteiger partial charge in [0.05, 0.1) is 5.56 Å². The van der Waals surface area contributed by atoms with Crippen molar-refractivity contribution in [2.75, 3.05) is 18.8 Å². The highest BCUT2D eigenvalue weighted by molar-refractivity contribution is 5.99. The third-order valence-electron chi connectivity index (χ3n) is 3.44.